The van der Waals surface area contributed by atoms with Gasteiger partial charge in [-0.3, -0.25) is 4.79 Å². The molecule has 5 rings (SSSR count). The molecule has 0 saturated carbocycles. The number of anilines is 1. The lowest BCUT2D eigenvalue weighted by atomic mass is 10.2. The average Bonchev–Trinajstić information content (AvgIpc) is 3.12. The zero-order valence-electron chi connectivity index (χ0n) is 19.3. The fraction of sp³-hybridized carbons (Fsp3) is 0.185. The third-order valence-corrected chi connectivity index (χ3v) is 5.96. The Morgan fingerprint density at radius 2 is 1.69 bits per heavy atom. The van der Waals surface area contributed by atoms with Gasteiger partial charge >= 0.3 is 0 Å². The molecule has 1 aliphatic rings. The van der Waals surface area contributed by atoms with Crippen molar-refractivity contribution in [2.75, 3.05) is 18.4 Å². The van der Waals surface area contributed by atoms with E-state index in [1.54, 1.807) is 27.7 Å². The summed E-state index contributed by atoms with van der Waals surface area (Å²) in [5.41, 5.74) is 1.65. The maximum Gasteiger partial charge on any atom is 0.274 e. The van der Waals surface area contributed by atoms with Crippen LogP contribution >= 0.6 is 0 Å². The molecule has 0 saturated heterocycles. The second kappa shape index (κ2) is 10.2. The Bertz CT molecular complexity index is 1390. The maximum absolute atomic E-state index is 14.3. The first kappa shape index (κ1) is 23.5. The molecule has 0 radical (unpaired) electrons. The minimum absolute atomic E-state index is 0.107. The van der Waals surface area contributed by atoms with Crippen molar-refractivity contribution >= 4 is 11.7 Å². The highest BCUT2D eigenvalue weighted by Gasteiger charge is 2.30. The molecular weight excluding hydrogens is 469 g/mol. The number of imidazole rings is 1. The zero-order chi connectivity index (χ0) is 25.1. The van der Waals surface area contributed by atoms with Crippen LogP contribution in [-0.2, 0) is 19.7 Å². The van der Waals surface area contributed by atoms with Crippen LogP contribution in [-0.4, -0.2) is 33.4 Å². The van der Waals surface area contributed by atoms with Crippen molar-refractivity contribution in [1.29, 1.82) is 0 Å². The Morgan fingerprint density at radius 1 is 0.917 bits per heavy atom. The van der Waals surface area contributed by atoms with Crippen molar-refractivity contribution < 1.29 is 22.7 Å². The molecular formula is C27H23F3N4O2. The summed E-state index contributed by atoms with van der Waals surface area (Å²) >= 11 is 0. The molecule has 3 aromatic carbocycles. The summed E-state index contributed by atoms with van der Waals surface area (Å²) < 4.78 is 49.1. The fourth-order valence-corrected chi connectivity index (χ4v) is 4.16. The Morgan fingerprint density at radius 3 is 2.47 bits per heavy atom. The Labute approximate surface area is 206 Å². The highest BCUT2D eigenvalue weighted by Crippen LogP contribution is 2.26. The summed E-state index contributed by atoms with van der Waals surface area (Å²) in [6.45, 7) is 1.05. The van der Waals surface area contributed by atoms with Crippen molar-refractivity contribution in [3.05, 3.63) is 113 Å². The van der Waals surface area contributed by atoms with Crippen molar-refractivity contribution in [3.63, 3.8) is 0 Å². The Balaban J connectivity index is 1.49. The third-order valence-electron chi connectivity index (χ3n) is 5.96. The summed E-state index contributed by atoms with van der Waals surface area (Å²) in [4.78, 5) is 19.9. The van der Waals surface area contributed by atoms with Crippen LogP contribution in [0.1, 0.15) is 27.4 Å². The minimum Gasteiger partial charge on any atom is -0.483 e. The first-order valence-electron chi connectivity index (χ1n) is 11.5. The van der Waals surface area contributed by atoms with Gasteiger partial charge in [-0.05, 0) is 23.8 Å². The molecule has 0 aliphatic carbocycles. The van der Waals surface area contributed by atoms with E-state index in [0.717, 1.165) is 17.7 Å². The number of hydrogen-bond donors (Lipinski definition) is 1. The molecule has 0 fully saturated rings. The maximum atomic E-state index is 14.3. The van der Waals surface area contributed by atoms with Gasteiger partial charge in [0.2, 0.25) is 0 Å². The Kier molecular flexibility index (Phi) is 6.62. The van der Waals surface area contributed by atoms with Gasteiger partial charge in [-0.1, -0.05) is 48.5 Å². The number of rotatable bonds is 7. The molecule has 0 bridgehead atoms. The van der Waals surface area contributed by atoms with E-state index < -0.39 is 11.6 Å². The van der Waals surface area contributed by atoms with Gasteiger partial charge in [-0.25, -0.2) is 18.2 Å². The number of nitrogens with zero attached hydrogens (tertiary/aromatic N) is 3. The van der Waals surface area contributed by atoms with Crippen molar-refractivity contribution in [1.82, 2.24) is 14.5 Å². The largest absolute Gasteiger partial charge is 0.483 e. The van der Waals surface area contributed by atoms with Gasteiger partial charge in [0.1, 0.15) is 24.1 Å². The predicted molar refractivity (Wildman–Crippen MR) is 128 cm³/mol. The number of carbonyl (C=O) groups excluding carboxylic acids is 1. The summed E-state index contributed by atoms with van der Waals surface area (Å²) in [5.74, 6) is -1.57. The summed E-state index contributed by atoms with van der Waals surface area (Å²) in [6, 6.07) is 18.9. The number of fused-ring (bicyclic) bond motifs is 1. The van der Waals surface area contributed by atoms with Crippen LogP contribution in [0.2, 0.25) is 0 Å². The van der Waals surface area contributed by atoms with Crippen LogP contribution in [0.5, 0.6) is 5.75 Å². The molecule has 4 aromatic rings. The quantitative estimate of drug-likeness (QED) is 0.395. The molecule has 184 valence electrons. The van der Waals surface area contributed by atoms with Crippen LogP contribution in [0.3, 0.4) is 0 Å². The van der Waals surface area contributed by atoms with E-state index >= 15 is 0 Å². The minimum atomic E-state index is -0.831. The van der Waals surface area contributed by atoms with E-state index in [2.05, 4.69) is 10.3 Å². The number of ether oxygens (including phenoxy) is 1. The standard InChI is InChI=1S/C27H23F3N4O2/c28-20-10-11-23(22(30)14-20)36-17-24-32-26-25(34(24)15-18-6-2-1-3-7-18)27(35)33(13-12-31-26)16-19-8-4-5-9-21(19)29/h1-11,14,31H,12-13,15-17H2. The van der Waals surface area contributed by atoms with Crippen LogP contribution in [0.15, 0.2) is 72.8 Å². The number of benzene rings is 3. The molecule has 1 aromatic heterocycles. The third kappa shape index (κ3) is 4.91. The molecule has 2 heterocycles. The molecule has 0 unspecified atom stereocenters. The first-order valence-corrected chi connectivity index (χ1v) is 11.5. The lowest BCUT2D eigenvalue weighted by molar-refractivity contribution is 0.0743. The fourth-order valence-electron chi connectivity index (χ4n) is 4.16. The summed E-state index contributed by atoms with van der Waals surface area (Å²) in [6.07, 6.45) is 0. The zero-order valence-corrected chi connectivity index (χ0v) is 19.3. The summed E-state index contributed by atoms with van der Waals surface area (Å²) in [5, 5.41) is 3.18. The number of aromatic nitrogens is 2. The van der Waals surface area contributed by atoms with E-state index in [1.807, 2.05) is 30.3 Å². The Hall–Kier alpha value is -4.27. The van der Waals surface area contributed by atoms with Crippen LogP contribution in [0.4, 0.5) is 19.0 Å². The first-order chi connectivity index (χ1) is 17.5. The molecule has 0 atom stereocenters. The lowest BCUT2D eigenvalue weighted by Crippen LogP contribution is -2.34. The van der Waals surface area contributed by atoms with Gasteiger partial charge in [0, 0.05) is 37.8 Å². The van der Waals surface area contributed by atoms with Crippen LogP contribution in [0.25, 0.3) is 0 Å². The van der Waals surface area contributed by atoms with Gasteiger partial charge in [-0.2, -0.15) is 0 Å². The SMILES string of the molecule is O=C1c2c(nc(COc3ccc(F)cc3F)n2Cc2ccccc2)NCCN1Cc1ccccc1F. The topological polar surface area (TPSA) is 59.4 Å². The van der Waals surface area contributed by atoms with Gasteiger partial charge in [0.15, 0.2) is 23.1 Å². The van der Waals surface area contributed by atoms with Crippen LogP contribution < -0.4 is 10.1 Å². The number of carbonyl (C=O) groups is 1. The highest BCUT2D eigenvalue weighted by molar-refractivity contribution is 5.98. The summed E-state index contributed by atoms with van der Waals surface area (Å²) in [7, 11) is 0. The predicted octanol–water partition coefficient (Wildman–Crippen LogP) is 5.00. The normalized spacial score (nSPS) is 13.2. The monoisotopic (exact) mass is 492 g/mol. The smallest absolute Gasteiger partial charge is 0.274 e. The molecule has 9 heteroatoms. The second-order valence-electron chi connectivity index (χ2n) is 8.41. The molecule has 6 nitrogen and oxygen atoms in total. The number of halogens is 3. The van der Waals surface area contributed by atoms with E-state index in [-0.39, 0.29) is 30.6 Å². The van der Waals surface area contributed by atoms with E-state index in [0.29, 0.717) is 42.5 Å². The number of amides is 1. The van der Waals surface area contributed by atoms with E-state index in [4.69, 9.17) is 4.74 Å². The molecule has 1 aliphatic heterocycles. The highest BCUT2D eigenvalue weighted by atomic mass is 19.1. The van der Waals surface area contributed by atoms with Crippen molar-refractivity contribution in [2.24, 2.45) is 0 Å². The van der Waals surface area contributed by atoms with Crippen molar-refractivity contribution in [3.8, 4) is 5.75 Å². The van der Waals surface area contributed by atoms with E-state index in [1.165, 1.54) is 12.1 Å². The number of nitrogens with one attached hydrogen (secondary N) is 1. The average molecular weight is 493 g/mol. The molecule has 0 spiro atoms. The van der Waals surface area contributed by atoms with Gasteiger partial charge in [-0.15, -0.1) is 0 Å². The van der Waals surface area contributed by atoms with Crippen LogP contribution in [0, 0.1) is 17.5 Å². The van der Waals surface area contributed by atoms with Gasteiger partial charge in [0.05, 0.1) is 0 Å². The van der Waals surface area contributed by atoms with Gasteiger partial charge in [0.25, 0.3) is 5.91 Å². The second-order valence-corrected chi connectivity index (χ2v) is 8.41. The number of hydrogen-bond acceptors (Lipinski definition) is 4. The van der Waals surface area contributed by atoms with E-state index in [9.17, 15) is 18.0 Å². The molecule has 1 amide bonds. The molecule has 36 heavy (non-hydrogen) atoms. The lowest BCUT2D eigenvalue weighted by Gasteiger charge is -2.22. The molecule has 1 N–H and O–H groups in total. The van der Waals surface area contributed by atoms with Crippen molar-refractivity contribution in [2.45, 2.75) is 19.7 Å². The van der Waals surface area contributed by atoms with Gasteiger partial charge < -0.3 is 19.5 Å².